The number of carbonyl (C=O) groups is 1. The minimum absolute atomic E-state index is 0.182. The highest BCUT2D eigenvalue weighted by Gasteiger charge is 2.20. The van der Waals surface area contributed by atoms with Crippen LogP contribution < -0.4 is 4.90 Å². The average molecular weight is 388 g/mol. The maximum atomic E-state index is 13.9. The molecule has 0 aliphatic rings. The molecule has 0 aliphatic carbocycles. The number of H-pyrrole nitrogens is 1. The molecule has 0 aliphatic heterocycles. The molecule has 1 aromatic heterocycles. The first kappa shape index (κ1) is 18.7. The van der Waals surface area contributed by atoms with Crippen LogP contribution in [0.5, 0.6) is 0 Å². The first-order valence-corrected chi connectivity index (χ1v) is 9.45. The Kier molecular flexibility index (Phi) is 5.29. The zero-order valence-electron chi connectivity index (χ0n) is 15.8. The summed E-state index contributed by atoms with van der Waals surface area (Å²) in [6, 6.07) is 24.4. The Hall–Kier alpha value is -3.60. The number of hydrogen-bond acceptors (Lipinski definition) is 2. The van der Waals surface area contributed by atoms with E-state index in [1.54, 1.807) is 6.07 Å². The zero-order valence-corrected chi connectivity index (χ0v) is 15.8. The number of anilines is 1. The van der Waals surface area contributed by atoms with Gasteiger partial charge in [0, 0.05) is 29.6 Å². The SMILES string of the molecule is O=C(O)Cc1c(N(Cc2ccccc2)Cc2ccccc2)[nH]c2ccc(F)cc12. The standard InChI is InChI=1S/C24H21FN2O2/c25-19-11-12-22-20(13-19)21(14-23(28)29)24(26-22)27(15-17-7-3-1-4-8-17)16-18-9-5-2-6-10-18/h1-13,26H,14-16H2,(H,28,29). The van der Waals surface area contributed by atoms with Gasteiger partial charge in [-0.15, -0.1) is 0 Å². The van der Waals surface area contributed by atoms with Crippen LogP contribution in [0.3, 0.4) is 0 Å². The van der Waals surface area contributed by atoms with Crippen LogP contribution in [0, 0.1) is 5.82 Å². The minimum atomic E-state index is -0.948. The predicted molar refractivity (Wildman–Crippen MR) is 112 cm³/mol. The topological polar surface area (TPSA) is 56.3 Å². The Morgan fingerprint density at radius 3 is 2.03 bits per heavy atom. The van der Waals surface area contributed by atoms with Crippen molar-refractivity contribution in [1.82, 2.24) is 4.98 Å². The van der Waals surface area contributed by atoms with Gasteiger partial charge in [0.25, 0.3) is 0 Å². The number of nitrogens with one attached hydrogen (secondary N) is 1. The summed E-state index contributed by atoms with van der Waals surface area (Å²) in [5.74, 6) is -0.621. The van der Waals surface area contributed by atoms with Crippen molar-refractivity contribution in [1.29, 1.82) is 0 Å². The van der Waals surface area contributed by atoms with Gasteiger partial charge in [-0.25, -0.2) is 4.39 Å². The van der Waals surface area contributed by atoms with E-state index in [4.69, 9.17) is 0 Å². The molecular weight excluding hydrogens is 367 g/mol. The molecule has 2 N–H and O–H groups in total. The molecule has 0 amide bonds. The molecule has 4 aromatic rings. The van der Waals surface area contributed by atoms with E-state index in [0.29, 0.717) is 29.9 Å². The molecule has 0 atom stereocenters. The van der Waals surface area contributed by atoms with Crippen molar-refractivity contribution in [2.75, 3.05) is 4.90 Å². The lowest BCUT2D eigenvalue weighted by atomic mass is 10.1. The fraction of sp³-hybridized carbons (Fsp3) is 0.125. The third-order valence-electron chi connectivity index (χ3n) is 4.92. The number of benzene rings is 3. The van der Waals surface area contributed by atoms with Crippen LogP contribution in [0.25, 0.3) is 10.9 Å². The number of nitrogens with zero attached hydrogens (tertiary/aromatic N) is 1. The second kappa shape index (κ2) is 8.19. The normalized spacial score (nSPS) is 10.9. The molecule has 5 heteroatoms. The largest absolute Gasteiger partial charge is 0.481 e. The summed E-state index contributed by atoms with van der Waals surface area (Å²) in [7, 11) is 0. The Morgan fingerprint density at radius 1 is 0.897 bits per heavy atom. The molecule has 4 nitrogen and oxygen atoms in total. The van der Waals surface area contributed by atoms with Crippen molar-refractivity contribution in [2.24, 2.45) is 0 Å². The number of aromatic nitrogens is 1. The van der Waals surface area contributed by atoms with Gasteiger partial charge in [0.1, 0.15) is 11.6 Å². The molecule has 0 spiro atoms. The van der Waals surface area contributed by atoms with Gasteiger partial charge in [0.2, 0.25) is 0 Å². The van der Waals surface area contributed by atoms with E-state index < -0.39 is 5.97 Å². The minimum Gasteiger partial charge on any atom is -0.481 e. The first-order valence-electron chi connectivity index (χ1n) is 9.45. The number of halogens is 1. The van der Waals surface area contributed by atoms with Gasteiger partial charge in [0.05, 0.1) is 6.42 Å². The monoisotopic (exact) mass is 388 g/mol. The Bertz CT molecular complexity index is 1080. The van der Waals surface area contributed by atoms with Gasteiger partial charge in [-0.1, -0.05) is 60.7 Å². The van der Waals surface area contributed by atoms with Crippen molar-refractivity contribution < 1.29 is 14.3 Å². The fourth-order valence-electron chi connectivity index (χ4n) is 3.63. The number of fused-ring (bicyclic) bond motifs is 1. The molecule has 4 rings (SSSR count). The van der Waals surface area contributed by atoms with Crippen LogP contribution in [0.2, 0.25) is 0 Å². The van der Waals surface area contributed by atoms with Crippen LogP contribution in [-0.4, -0.2) is 16.1 Å². The molecule has 1 heterocycles. The van der Waals surface area contributed by atoms with Gasteiger partial charge < -0.3 is 15.0 Å². The highest BCUT2D eigenvalue weighted by molar-refractivity contribution is 5.92. The lowest BCUT2D eigenvalue weighted by Gasteiger charge is -2.25. The summed E-state index contributed by atoms with van der Waals surface area (Å²) in [4.78, 5) is 17.0. The summed E-state index contributed by atoms with van der Waals surface area (Å²) in [6.45, 7) is 1.19. The smallest absolute Gasteiger partial charge is 0.307 e. The van der Waals surface area contributed by atoms with E-state index in [9.17, 15) is 14.3 Å². The number of aliphatic carboxylic acids is 1. The third kappa shape index (κ3) is 4.29. The average Bonchev–Trinajstić information content (AvgIpc) is 3.06. The summed E-state index contributed by atoms with van der Waals surface area (Å²) < 4.78 is 13.9. The van der Waals surface area contributed by atoms with Gasteiger partial charge in [-0.2, -0.15) is 0 Å². The van der Waals surface area contributed by atoms with E-state index in [1.807, 2.05) is 60.7 Å². The molecule has 29 heavy (non-hydrogen) atoms. The Morgan fingerprint density at radius 2 is 1.48 bits per heavy atom. The highest BCUT2D eigenvalue weighted by Crippen LogP contribution is 2.32. The Balaban J connectivity index is 1.82. The number of hydrogen-bond donors (Lipinski definition) is 2. The second-order valence-electron chi connectivity index (χ2n) is 7.04. The molecule has 0 unspecified atom stereocenters. The van der Waals surface area contributed by atoms with Crippen molar-refractivity contribution in [3.05, 3.63) is 101 Å². The van der Waals surface area contributed by atoms with Crippen LogP contribution in [0.15, 0.2) is 78.9 Å². The molecule has 0 radical (unpaired) electrons. The van der Waals surface area contributed by atoms with E-state index in [2.05, 4.69) is 9.88 Å². The van der Waals surface area contributed by atoms with Gasteiger partial charge >= 0.3 is 5.97 Å². The van der Waals surface area contributed by atoms with Gasteiger partial charge in [-0.3, -0.25) is 4.79 Å². The third-order valence-corrected chi connectivity index (χ3v) is 4.92. The van der Waals surface area contributed by atoms with Crippen LogP contribution in [0.1, 0.15) is 16.7 Å². The summed E-state index contributed by atoms with van der Waals surface area (Å²) in [5, 5.41) is 10.1. The number of aromatic amines is 1. The van der Waals surface area contributed by atoms with E-state index in [0.717, 1.165) is 16.6 Å². The number of rotatable bonds is 7. The molecule has 146 valence electrons. The summed E-state index contributed by atoms with van der Waals surface area (Å²) in [5.41, 5.74) is 3.53. The van der Waals surface area contributed by atoms with E-state index >= 15 is 0 Å². The summed E-state index contributed by atoms with van der Waals surface area (Å²) >= 11 is 0. The molecule has 0 saturated heterocycles. The molecule has 3 aromatic carbocycles. The van der Waals surface area contributed by atoms with Crippen LogP contribution in [-0.2, 0) is 24.3 Å². The maximum Gasteiger partial charge on any atom is 0.307 e. The van der Waals surface area contributed by atoms with E-state index in [-0.39, 0.29) is 12.2 Å². The van der Waals surface area contributed by atoms with Gasteiger partial charge in [0.15, 0.2) is 0 Å². The number of carboxylic acids is 1. The predicted octanol–water partition coefficient (Wildman–Crippen LogP) is 5.14. The quantitative estimate of drug-likeness (QED) is 0.461. The zero-order chi connectivity index (χ0) is 20.2. The molecule has 0 bridgehead atoms. The van der Waals surface area contributed by atoms with Crippen molar-refractivity contribution in [3.63, 3.8) is 0 Å². The van der Waals surface area contributed by atoms with E-state index in [1.165, 1.54) is 12.1 Å². The fourth-order valence-corrected chi connectivity index (χ4v) is 3.63. The van der Waals surface area contributed by atoms with Crippen LogP contribution >= 0.6 is 0 Å². The van der Waals surface area contributed by atoms with Crippen molar-refractivity contribution >= 4 is 22.7 Å². The summed E-state index contributed by atoms with van der Waals surface area (Å²) in [6.07, 6.45) is -0.182. The molecule has 0 fully saturated rings. The van der Waals surface area contributed by atoms with Crippen molar-refractivity contribution in [3.8, 4) is 0 Å². The second-order valence-corrected chi connectivity index (χ2v) is 7.04. The van der Waals surface area contributed by atoms with Crippen molar-refractivity contribution in [2.45, 2.75) is 19.5 Å². The molecule has 0 saturated carbocycles. The number of carboxylic acid groups (broad SMARTS) is 1. The highest BCUT2D eigenvalue weighted by atomic mass is 19.1. The first-order chi connectivity index (χ1) is 14.1. The molecular formula is C24H21FN2O2. The Labute approximate surface area is 168 Å². The maximum absolute atomic E-state index is 13.9. The lowest BCUT2D eigenvalue weighted by Crippen LogP contribution is -2.24. The van der Waals surface area contributed by atoms with Gasteiger partial charge in [-0.05, 0) is 29.3 Å². The lowest BCUT2D eigenvalue weighted by molar-refractivity contribution is -0.136. The van der Waals surface area contributed by atoms with Crippen LogP contribution in [0.4, 0.5) is 10.2 Å².